The van der Waals surface area contributed by atoms with Gasteiger partial charge in [0.15, 0.2) is 0 Å². The van der Waals surface area contributed by atoms with Crippen LogP contribution in [0.4, 0.5) is 0 Å². The monoisotopic (exact) mass is 171 g/mol. The van der Waals surface area contributed by atoms with Gasteiger partial charge in [-0.05, 0) is 7.05 Å². The summed E-state index contributed by atoms with van der Waals surface area (Å²) >= 11 is 5.72. The van der Waals surface area contributed by atoms with Gasteiger partial charge in [0.2, 0.25) is 0 Å². The summed E-state index contributed by atoms with van der Waals surface area (Å²) in [5, 5.41) is 4.85. The van der Waals surface area contributed by atoms with Crippen molar-refractivity contribution in [1.29, 1.82) is 0 Å². The molecule has 1 fully saturated rings. The van der Waals surface area contributed by atoms with Crippen LogP contribution in [0.5, 0.6) is 0 Å². The molecule has 11 heavy (non-hydrogen) atoms. The van der Waals surface area contributed by atoms with E-state index in [1.165, 1.54) is 0 Å². The molecular weight excluding hydrogens is 162 g/mol. The Bertz CT molecular complexity index is 252. The number of likely N-dealkylation sites (tertiary alicyclic amines) is 1. The molecule has 2 rings (SSSR count). The first-order valence-corrected chi connectivity index (χ1v) is 4.02. The summed E-state index contributed by atoms with van der Waals surface area (Å²) in [5.41, 5.74) is 0. The van der Waals surface area contributed by atoms with Crippen molar-refractivity contribution >= 4 is 11.6 Å². The largest absolute Gasteiger partial charge is 0.302 e. The van der Waals surface area contributed by atoms with Crippen molar-refractivity contribution in [3.8, 4) is 0 Å². The Kier molecular flexibility index (Phi) is 1.62. The fraction of sp³-hybridized carbons (Fsp3) is 0.571. The lowest BCUT2D eigenvalue weighted by Gasteiger charge is -2.35. The van der Waals surface area contributed by atoms with Gasteiger partial charge in [0.1, 0.15) is 0 Å². The maximum absolute atomic E-state index is 5.72. The summed E-state index contributed by atoms with van der Waals surface area (Å²) in [6.45, 7) is 2.16. The Morgan fingerprint density at radius 3 is 2.82 bits per heavy atom. The molecule has 0 unspecified atom stereocenters. The van der Waals surface area contributed by atoms with E-state index in [1.807, 2.05) is 10.9 Å². The summed E-state index contributed by atoms with van der Waals surface area (Å²) in [7, 11) is 2.10. The molecule has 60 valence electrons. The van der Waals surface area contributed by atoms with Gasteiger partial charge in [0, 0.05) is 19.3 Å². The predicted octanol–water partition coefficient (Wildman–Crippen LogP) is 1.02. The third-order valence-corrected chi connectivity index (χ3v) is 2.18. The van der Waals surface area contributed by atoms with Gasteiger partial charge in [-0.2, -0.15) is 5.10 Å². The summed E-state index contributed by atoms with van der Waals surface area (Å²) in [6.07, 6.45) is 3.55. The van der Waals surface area contributed by atoms with Crippen molar-refractivity contribution in [3.63, 3.8) is 0 Å². The standard InChI is InChI=1S/C7H10ClN3/c1-10-4-7(5-10)11-3-6(8)2-9-11/h2-3,7H,4-5H2,1H3. The van der Waals surface area contributed by atoms with Gasteiger partial charge in [0.25, 0.3) is 0 Å². The van der Waals surface area contributed by atoms with E-state index in [0.717, 1.165) is 18.1 Å². The molecular formula is C7H10ClN3. The van der Waals surface area contributed by atoms with Gasteiger partial charge in [0.05, 0.1) is 17.3 Å². The molecule has 4 heteroatoms. The minimum atomic E-state index is 0.535. The summed E-state index contributed by atoms with van der Waals surface area (Å²) in [6, 6.07) is 0.535. The van der Waals surface area contributed by atoms with E-state index < -0.39 is 0 Å². The van der Waals surface area contributed by atoms with Crippen LogP contribution in [0.25, 0.3) is 0 Å². The quantitative estimate of drug-likeness (QED) is 0.629. The molecule has 1 aromatic heterocycles. The second kappa shape index (κ2) is 2.50. The molecule has 1 aliphatic rings. The molecule has 0 bridgehead atoms. The van der Waals surface area contributed by atoms with E-state index in [-0.39, 0.29) is 0 Å². The molecule has 0 aliphatic carbocycles. The van der Waals surface area contributed by atoms with Gasteiger partial charge in [-0.1, -0.05) is 11.6 Å². The molecule has 2 heterocycles. The highest BCUT2D eigenvalue weighted by molar-refractivity contribution is 6.30. The lowest BCUT2D eigenvalue weighted by atomic mass is 10.1. The minimum absolute atomic E-state index is 0.535. The molecule has 0 N–H and O–H groups in total. The van der Waals surface area contributed by atoms with Gasteiger partial charge in [-0.3, -0.25) is 4.68 Å². The zero-order chi connectivity index (χ0) is 7.84. The summed E-state index contributed by atoms with van der Waals surface area (Å²) < 4.78 is 1.93. The number of aromatic nitrogens is 2. The highest BCUT2D eigenvalue weighted by atomic mass is 35.5. The second-order valence-electron chi connectivity index (χ2n) is 3.01. The van der Waals surface area contributed by atoms with Crippen LogP contribution in [0.3, 0.4) is 0 Å². The Morgan fingerprint density at radius 2 is 2.36 bits per heavy atom. The lowest BCUT2D eigenvalue weighted by Crippen LogP contribution is -2.45. The van der Waals surface area contributed by atoms with E-state index in [0.29, 0.717) is 6.04 Å². The van der Waals surface area contributed by atoms with Gasteiger partial charge < -0.3 is 4.90 Å². The summed E-state index contributed by atoms with van der Waals surface area (Å²) in [4.78, 5) is 2.25. The predicted molar refractivity (Wildman–Crippen MR) is 43.8 cm³/mol. The normalized spacial score (nSPS) is 20.2. The van der Waals surface area contributed by atoms with E-state index in [9.17, 15) is 0 Å². The maximum Gasteiger partial charge on any atom is 0.0785 e. The van der Waals surface area contributed by atoms with E-state index in [4.69, 9.17) is 11.6 Å². The Morgan fingerprint density at radius 1 is 1.64 bits per heavy atom. The maximum atomic E-state index is 5.72. The molecule has 0 amide bonds. The van der Waals surface area contributed by atoms with Crippen molar-refractivity contribution < 1.29 is 0 Å². The smallest absolute Gasteiger partial charge is 0.0785 e. The van der Waals surface area contributed by atoms with Crippen molar-refractivity contribution in [2.75, 3.05) is 20.1 Å². The molecule has 1 aromatic rings. The molecule has 1 aliphatic heterocycles. The van der Waals surface area contributed by atoms with Gasteiger partial charge in [-0.25, -0.2) is 0 Å². The second-order valence-corrected chi connectivity index (χ2v) is 3.45. The van der Waals surface area contributed by atoms with Crippen LogP contribution in [-0.2, 0) is 0 Å². The lowest BCUT2D eigenvalue weighted by molar-refractivity contribution is 0.130. The molecule has 0 radical (unpaired) electrons. The first-order valence-electron chi connectivity index (χ1n) is 3.64. The SMILES string of the molecule is CN1CC(n2cc(Cl)cn2)C1. The van der Waals surface area contributed by atoms with Gasteiger partial charge in [-0.15, -0.1) is 0 Å². The highest BCUT2D eigenvalue weighted by Gasteiger charge is 2.24. The van der Waals surface area contributed by atoms with Crippen LogP contribution >= 0.6 is 11.6 Å². The topological polar surface area (TPSA) is 21.1 Å². The number of hydrogen-bond donors (Lipinski definition) is 0. The molecule has 3 nitrogen and oxygen atoms in total. The molecule has 1 saturated heterocycles. The number of likely N-dealkylation sites (N-methyl/N-ethyl adjacent to an activating group) is 1. The van der Waals surface area contributed by atoms with Crippen LogP contribution in [0.1, 0.15) is 6.04 Å². The number of rotatable bonds is 1. The van der Waals surface area contributed by atoms with Crippen LogP contribution in [0.15, 0.2) is 12.4 Å². The molecule has 0 atom stereocenters. The Balaban J connectivity index is 2.07. The number of nitrogens with zero attached hydrogens (tertiary/aromatic N) is 3. The zero-order valence-corrected chi connectivity index (χ0v) is 7.12. The molecule has 0 aromatic carbocycles. The van der Waals surface area contributed by atoms with Crippen LogP contribution in [-0.4, -0.2) is 34.8 Å². The van der Waals surface area contributed by atoms with E-state index >= 15 is 0 Å². The molecule has 0 spiro atoms. The minimum Gasteiger partial charge on any atom is -0.302 e. The third kappa shape index (κ3) is 1.26. The fourth-order valence-corrected chi connectivity index (χ4v) is 1.49. The first kappa shape index (κ1) is 7.13. The highest BCUT2D eigenvalue weighted by Crippen LogP contribution is 2.19. The van der Waals surface area contributed by atoms with Crippen LogP contribution in [0.2, 0.25) is 5.02 Å². The average molecular weight is 172 g/mol. The zero-order valence-electron chi connectivity index (χ0n) is 6.37. The van der Waals surface area contributed by atoms with E-state index in [1.54, 1.807) is 6.20 Å². The van der Waals surface area contributed by atoms with Crippen molar-refractivity contribution in [3.05, 3.63) is 17.4 Å². The fourth-order valence-electron chi connectivity index (χ4n) is 1.35. The van der Waals surface area contributed by atoms with Crippen molar-refractivity contribution in [2.24, 2.45) is 0 Å². The Labute approximate surface area is 70.6 Å². The third-order valence-electron chi connectivity index (χ3n) is 1.99. The molecule has 0 saturated carbocycles. The number of hydrogen-bond acceptors (Lipinski definition) is 2. The average Bonchev–Trinajstić information content (AvgIpc) is 2.29. The summed E-state index contributed by atoms with van der Waals surface area (Å²) in [5.74, 6) is 0. The number of halogens is 1. The van der Waals surface area contributed by atoms with Crippen LogP contribution < -0.4 is 0 Å². The first-order chi connectivity index (χ1) is 5.25. The van der Waals surface area contributed by atoms with Crippen molar-refractivity contribution in [2.45, 2.75) is 6.04 Å². The van der Waals surface area contributed by atoms with E-state index in [2.05, 4.69) is 17.0 Å². The van der Waals surface area contributed by atoms with Gasteiger partial charge >= 0.3 is 0 Å². The van der Waals surface area contributed by atoms with Crippen molar-refractivity contribution in [1.82, 2.24) is 14.7 Å². The Hall–Kier alpha value is -0.540. The van der Waals surface area contributed by atoms with Crippen LogP contribution in [0, 0.1) is 0 Å².